The lowest BCUT2D eigenvalue weighted by Crippen LogP contribution is -2.06. The van der Waals surface area contributed by atoms with E-state index in [-0.39, 0.29) is 12.2 Å². The van der Waals surface area contributed by atoms with Gasteiger partial charge in [-0.05, 0) is 24.8 Å². The highest BCUT2D eigenvalue weighted by Gasteiger charge is 2.22. The maximum atomic E-state index is 11.1. The minimum Gasteiger partial charge on any atom is -0.477 e. The minimum absolute atomic E-state index is 0.00182. The van der Waals surface area contributed by atoms with Crippen molar-refractivity contribution in [2.45, 2.75) is 19.3 Å². The van der Waals surface area contributed by atoms with Crippen LogP contribution in [-0.2, 0) is 16.3 Å². The molecule has 1 saturated carbocycles. The second-order valence-corrected chi connectivity index (χ2v) is 7.79. The topological polar surface area (TPSA) is 95.2 Å². The lowest BCUT2D eigenvalue weighted by molar-refractivity contribution is 0.288. The molecule has 0 amide bonds. The fourth-order valence-electron chi connectivity index (χ4n) is 1.83. The van der Waals surface area contributed by atoms with Gasteiger partial charge in [-0.1, -0.05) is 5.16 Å². The van der Waals surface area contributed by atoms with Crippen molar-refractivity contribution < 1.29 is 17.7 Å². The third-order valence-electron chi connectivity index (χ3n) is 3.31. The number of aryl methyl sites for hydroxylation is 1. The van der Waals surface area contributed by atoms with Gasteiger partial charge in [0, 0.05) is 24.9 Å². The van der Waals surface area contributed by atoms with E-state index in [2.05, 4.69) is 15.1 Å². The van der Waals surface area contributed by atoms with Crippen molar-refractivity contribution in [3.05, 3.63) is 24.2 Å². The van der Waals surface area contributed by atoms with Gasteiger partial charge < -0.3 is 9.26 Å². The molecule has 2 heterocycles. The van der Waals surface area contributed by atoms with Crippen LogP contribution in [0.5, 0.6) is 5.88 Å². The maximum Gasteiger partial charge on any atom is 0.259 e. The summed E-state index contributed by atoms with van der Waals surface area (Å²) in [4.78, 5) is 8.38. The molecule has 3 rings (SSSR count). The van der Waals surface area contributed by atoms with Crippen LogP contribution < -0.4 is 4.74 Å². The van der Waals surface area contributed by atoms with Gasteiger partial charge in [0.25, 0.3) is 5.89 Å². The highest BCUT2D eigenvalue weighted by atomic mass is 32.2. The zero-order valence-corrected chi connectivity index (χ0v) is 13.0. The smallest absolute Gasteiger partial charge is 0.259 e. The number of hydrogen-bond acceptors (Lipinski definition) is 7. The molecule has 118 valence electrons. The molecular formula is C14H17N3O4S. The first-order valence-electron chi connectivity index (χ1n) is 7.09. The van der Waals surface area contributed by atoms with E-state index >= 15 is 0 Å². The molecule has 7 nitrogen and oxygen atoms in total. The lowest BCUT2D eigenvalue weighted by Gasteiger charge is -2.03. The molecule has 0 aliphatic heterocycles. The third-order valence-corrected chi connectivity index (χ3v) is 4.26. The van der Waals surface area contributed by atoms with Gasteiger partial charge in [-0.25, -0.2) is 13.4 Å². The Balaban J connectivity index is 1.62. The third kappa shape index (κ3) is 4.27. The van der Waals surface area contributed by atoms with Gasteiger partial charge in [0.15, 0.2) is 5.82 Å². The highest BCUT2D eigenvalue weighted by Crippen LogP contribution is 2.29. The van der Waals surface area contributed by atoms with Gasteiger partial charge in [-0.15, -0.1) is 0 Å². The SMILES string of the molecule is CS(=O)(=O)CCc1noc(-c2ccc(OCC3CC3)nc2)n1. The van der Waals surface area contributed by atoms with Crippen molar-refractivity contribution >= 4 is 9.84 Å². The molecule has 0 bridgehead atoms. The summed E-state index contributed by atoms with van der Waals surface area (Å²) in [5, 5.41) is 3.78. The predicted molar refractivity (Wildman–Crippen MR) is 79.2 cm³/mol. The van der Waals surface area contributed by atoms with Gasteiger partial charge in [0.1, 0.15) is 9.84 Å². The number of pyridine rings is 1. The number of rotatable bonds is 7. The molecule has 2 aromatic rings. The Morgan fingerprint density at radius 3 is 2.82 bits per heavy atom. The molecular weight excluding hydrogens is 306 g/mol. The van der Waals surface area contributed by atoms with Crippen molar-refractivity contribution in [2.24, 2.45) is 5.92 Å². The van der Waals surface area contributed by atoms with E-state index in [4.69, 9.17) is 9.26 Å². The molecule has 22 heavy (non-hydrogen) atoms. The van der Waals surface area contributed by atoms with Crippen molar-refractivity contribution in [2.75, 3.05) is 18.6 Å². The van der Waals surface area contributed by atoms with Crippen molar-refractivity contribution in [3.8, 4) is 17.3 Å². The minimum atomic E-state index is -3.04. The molecule has 1 fully saturated rings. The zero-order valence-electron chi connectivity index (χ0n) is 12.2. The number of sulfone groups is 1. The van der Waals surface area contributed by atoms with Crippen LogP contribution in [-0.4, -0.2) is 42.2 Å². The average Bonchev–Trinajstić information content (AvgIpc) is 3.19. The average molecular weight is 323 g/mol. The van der Waals surface area contributed by atoms with E-state index in [9.17, 15) is 8.42 Å². The number of hydrogen-bond donors (Lipinski definition) is 0. The zero-order chi connectivity index (χ0) is 15.6. The van der Waals surface area contributed by atoms with Crippen molar-refractivity contribution in [1.82, 2.24) is 15.1 Å². The van der Waals surface area contributed by atoms with E-state index in [1.807, 2.05) is 0 Å². The summed E-state index contributed by atoms with van der Waals surface area (Å²) in [5.41, 5.74) is 0.678. The lowest BCUT2D eigenvalue weighted by atomic mass is 10.3. The first-order chi connectivity index (χ1) is 10.5. The van der Waals surface area contributed by atoms with E-state index in [1.165, 1.54) is 19.1 Å². The van der Waals surface area contributed by atoms with Crippen LogP contribution >= 0.6 is 0 Å². The highest BCUT2D eigenvalue weighted by molar-refractivity contribution is 7.90. The molecule has 0 N–H and O–H groups in total. The maximum absolute atomic E-state index is 11.1. The Labute approximate surface area is 128 Å². The van der Waals surface area contributed by atoms with Gasteiger partial charge in [-0.2, -0.15) is 4.98 Å². The van der Waals surface area contributed by atoms with Crippen LogP contribution in [0.2, 0.25) is 0 Å². The van der Waals surface area contributed by atoms with Crippen LogP contribution in [0, 0.1) is 5.92 Å². The molecule has 0 radical (unpaired) electrons. The summed E-state index contributed by atoms with van der Waals surface area (Å²) in [6.45, 7) is 0.711. The van der Waals surface area contributed by atoms with Crippen LogP contribution in [0.3, 0.4) is 0 Å². The molecule has 2 aromatic heterocycles. The van der Waals surface area contributed by atoms with Crippen molar-refractivity contribution in [1.29, 1.82) is 0 Å². The van der Waals surface area contributed by atoms with Gasteiger partial charge >= 0.3 is 0 Å². The second kappa shape index (κ2) is 6.04. The molecule has 1 aliphatic carbocycles. The predicted octanol–water partition coefficient (Wildman–Crippen LogP) is 1.51. The molecule has 0 atom stereocenters. The summed E-state index contributed by atoms with van der Waals surface area (Å²) in [5.74, 6) is 1.94. The molecule has 0 aromatic carbocycles. The second-order valence-electron chi connectivity index (χ2n) is 5.54. The Hall–Kier alpha value is -1.96. The largest absolute Gasteiger partial charge is 0.477 e. The monoisotopic (exact) mass is 323 g/mol. The first-order valence-corrected chi connectivity index (χ1v) is 9.15. The summed E-state index contributed by atoms with van der Waals surface area (Å²) in [6.07, 6.45) is 5.49. The first kappa shape index (κ1) is 15.0. The Morgan fingerprint density at radius 1 is 1.36 bits per heavy atom. The van der Waals surface area contributed by atoms with Gasteiger partial charge in [0.2, 0.25) is 5.88 Å². The van der Waals surface area contributed by atoms with Crippen LogP contribution in [0.15, 0.2) is 22.9 Å². The van der Waals surface area contributed by atoms with E-state index in [1.54, 1.807) is 18.3 Å². The molecule has 0 unspecified atom stereocenters. The fraction of sp³-hybridized carbons (Fsp3) is 0.500. The fourth-order valence-corrected chi connectivity index (χ4v) is 2.38. The molecule has 0 saturated heterocycles. The molecule has 0 spiro atoms. The Kier molecular flexibility index (Phi) is 4.10. The quantitative estimate of drug-likeness (QED) is 0.762. The van der Waals surface area contributed by atoms with E-state index in [0.717, 1.165) is 0 Å². The van der Waals surface area contributed by atoms with Crippen molar-refractivity contribution in [3.63, 3.8) is 0 Å². The van der Waals surface area contributed by atoms with Gasteiger partial charge in [0.05, 0.1) is 17.9 Å². The summed E-state index contributed by atoms with van der Waals surface area (Å²) in [6, 6.07) is 3.56. The molecule has 8 heteroatoms. The number of aromatic nitrogens is 3. The van der Waals surface area contributed by atoms with E-state index < -0.39 is 9.84 Å². The normalized spacial score (nSPS) is 15.0. The van der Waals surface area contributed by atoms with Crippen LogP contribution in [0.4, 0.5) is 0 Å². The Morgan fingerprint density at radius 2 is 2.18 bits per heavy atom. The summed E-state index contributed by atoms with van der Waals surface area (Å²) in [7, 11) is -3.04. The summed E-state index contributed by atoms with van der Waals surface area (Å²) >= 11 is 0. The Bertz CT molecular complexity index is 736. The standard InChI is InChI=1S/C14H17N3O4S/c1-22(18,19)7-6-12-16-14(21-17-12)11-4-5-13(15-8-11)20-9-10-2-3-10/h4-5,8,10H,2-3,6-7,9H2,1H3. The number of ether oxygens (including phenoxy) is 1. The summed E-state index contributed by atoms with van der Waals surface area (Å²) < 4.78 is 32.9. The molecule has 1 aliphatic rings. The number of nitrogens with zero attached hydrogens (tertiary/aromatic N) is 3. The van der Waals surface area contributed by atoms with Crippen LogP contribution in [0.25, 0.3) is 11.5 Å². The van der Waals surface area contributed by atoms with Gasteiger partial charge in [-0.3, -0.25) is 0 Å². The van der Waals surface area contributed by atoms with E-state index in [0.29, 0.717) is 35.7 Å². The van der Waals surface area contributed by atoms with Crippen LogP contribution in [0.1, 0.15) is 18.7 Å².